The Labute approximate surface area is 491 Å². The molecule has 0 atom stereocenters. The molecule has 0 bridgehead atoms. The highest BCUT2D eigenvalue weighted by molar-refractivity contribution is 7.88. The number of benzene rings is 4. The Balaban J connectivity index is 0.000000206. The van der Waals surface area contributed by atoms with Crippen LogP contribution in [0.3, 0.4) is 0 Å². The summed E-state index contributed by atoms with van der Waals surface area (Å²) in [6, 6.07) is 26.8. The van der Waals surface area contributed by atoms with Crippen molar-refractivity contribution in [3.05, 3.63) is 129 Å². The quantitative estimate of drug-likeness (QED) is 0.0795. The van der Waals surface area contributed by atoms with Gasteiger partial charge in [0.25, 0.3) is 11.1 Å². The van der Waals surface area contributed by atoms with Crippen molar-refractivity contribution in [1.29, 1.82) is 0 Å². The van der Waals surface area contributed by atoms with E-state index in [-0.39, 0.29) is 46.9 Å². The van der Waals surface area contributed by atoms with Crippen LogP contribution < -0.4 is 34.2 Å². The van der Waals surface area contributed by atoms with Crippen LogP contribution in [0, 0.1) is 0 Å². The summed E-state index contributed by atoms with van der Waals surface area (Å²) in [5.41, 5.74) is -5.02. The van der Waals surface area contributed by atoms with Gasteiger partial charge >= 0.3 is 27.8 Å². The molecule has 4 aromatic carbocycles. The van der Waals surface area contributed by atoms with Gasteiger partial charge < -0.3 is 66.4 Å². The number of halogens is 3. The lowest BCUT2D eigenvalue weighted by Gasteiger charge is -2.39. The first-order valence-corrected chi connectivity index (χ1v) is 29.9. The molecule has 2 amide bonds. The minimum Gasteiger partial charge on any atom is -0.507 e. The number of alkyl halides is 3. The Morgan fingerprint density at radius 2 is 0.965 bits per heavy atom. The number of carbonyl (C=O) groups is 2. The second kappa shape index (κ2) is 25.9. The standard InChI is InChI=1S/C31H36F3N3O8S.C30H37N3O6/c1-30(2,3)44-29(39)37(20-21-8-9-25-27(18-21)43-17-16-42-25)22-10-12-35(13-11-22)14-15-36-24-7-5-4-6-23(24)26(19-28(36)38)45-46(40,41)31(32,33)34;1-30(2,3)39-29(36)33(20-21-8-9-26-27(18-21)38-17-16-37-26)22-10-12-31(13-11-22)14-15-32-24-7-5-4-6-23(24)25(34)19-28(32)35/h4-9,18-19,22H,10-17,20H2,1-3H3;4-9,18-19,22,34H,10-17,20H2,1-3H3. The van der Waals surface area contributed by atoms with E-state index in [4.69, 9.17) is 28.4 Å². The zero-order valence-electron chi connectivity index (χ0n) is 48.6. The Bertz CT molecular complexity index is 3600. The van der Waals surface area contributed by atoms with E-state index in [1.165, 1.54) is 28.8 Å². The minimum absolute atomic E-state index is 0.00733. The number of aromatic hydroxyl groups is 1. The highest BCUT2D eigenvalue weighted by Gasteiger charge is 2.49. The van der Waals surface area contributed by atoms with Crippen molar-refractivity contribution in [3.8, 4) is 34.5 Å². The molecule has 2 aromatic heterocycles. The SMILES string of the molecule is CC(C)(C)OC(=O)N(Cc1ccc2c(c1)OCCO2)C1CCN(CCn2c(=O)cc(O)c3ccccc32)CC1.CC(C)(C)OC(=O)N(Cc1ccc2c(c1)OCCO2)C1CCN(CCn2c(=O)cc(OS(=O)(=O)C(F)(F)F)c3ccccc32)CC1. The molecular weight excluding hydrogens is 1130 g/mol. The molecule has 85 heavy (non-hydrogen) atoms. The minimum atomic E-state index is -5.96. The van der Waals surface area contributed by atoms with Gasteiger partial charge in [-0.05, 0) is 127 Å². The molecular formula is C61H73F3N6O14S. The number of hydrogen-bond acceptors (Lipinski definition) is 16. The van der Waals surface area contributed by atoms with Crippen molar-refractivity contribution in [3.63, 3.8) is 0 Å². The van der Waals surface area contributed by atoms with E-state index in [1.54, 1.807) is 15.5 Å². The predicted octanol–water partition coefficient (Wildman–Crippen LogP) is 9.28. The number of fused-ring (bicyclic) bond motifs is 4. The second-order valence-electron chi connectivity index (χ2n) is 23.4. The van der Waals surface area contributed by atoms with Crippen LogP contribution in [0.1, 0.15) is 78.4 Å². The summed E-state index contributed by atoms with van der Waals surface area (Å²) in [4.78, 5) is 60.3. The monoisotopic (exact) mass is 1200 g/mol. The molecule has 4 aliphatic heterocycles. The molecule has 0 spiro atoms. The van der Waals surface area contributed by atoms with E-state index in [9.17, 15) is 45.9 Å². The van der Waals surface area contributed by atoms with Gasteiger partial charge in [0.2, 0.25) is 0 Å². The number of pyridine rings is 2. The highest BCUT2D eigenvalue weighted by atomic mass is 32.2. The predicted molar refractivity (Wildman–Crippen MR) is 311 cm³/mol. The average molecular weight is 1200 g/mol. The summed E-state index contributed by atoms with van der Waals surface area (Å²) >= 11 is 0. The van der Waals surface area contributed by atoms with Crippen LogP contribution in [0.15, 0.2) is 107 Å². The number of para-hydroxylation sites is 2. The average Bonchev–Trinajstić information content (AvgIpc) is 1.73. The summed E-state index contributed by atoms with van der Waals surface area (Å²) in [6.07, 6.45) is 2.14. The van der Waals surface area contributed by atoms with Crippen molar-refractivity contribution >= 4 is 44.1 Å². The first kappa shape index (κ1) is 61.8. The van der Waals surface area contributed by atoms with E-state index in [0.717, 1.165) is 54.4 Å². The normalized spacial score (nSPS) is 16.3. The zero-order valence-corrected chi connectivity index (χ0v) is 49.4. The summed E-state index contributed by atoms with van der Waals surface area (Å²) in [7, 11) is -5.96. The van der Waals surface area contributed by atoms with Crippen molar-refractivity contribution in [2.45, 2.75) is 122 Å². The Hall–Kier alpha value is -7.70. The Morgan fingerprint density at radius 3 is 1.40 bits per heavy atom. The van der Waals surface area contributed by atoms with Crippen LogP contribution in [0.25, 0.3) is 21.8 Å². The second-order valence-corrected chi connectivity index (χ2v) is 24.9. The number of aromatic nitrogens is 2. The third-order valence-electron chi connectivity index (χ3n) is 14.9. The number of nitrogens with zero attached hydrogens (tertiary/aromatic N) is 6. The highest BCUT2D eigenvalue weighted by Crippen LogP contribution is 2.35. The van der Waals surface area contributed by atoms with Gasteiger partial charge in [0.1, 0.15) is 43.4 Å². The molecule has 1 N–H and O–H groups in total. The molecule has 2 fully saturated rings. The van der Waals surface area contributed by atoms with Crippen molar-refractivity contribution < 1.29 is 68.9 Å². The Kier molecular flexibility index (Phi) is 18.8. The van der Waals surface area contributed by atoms with Gasteiger partial charge in [0.15, 0.2) is 28.7 Å². The fraction of sp³-hybridized carbons (Fsp3) is 0.475. The van der Waals surface area contributed by atoms with Gasteiger partial charge in [-0.1, -0.05) is 36.4 Å². The number of likely N-dealkylation sites (tertiary alicyclic amines) is 2. The van der Waals surface area contributed by atoms with Crippen molar-refractivity contribution in [2.24, 2.45) is 0 Å². The molecule has 24 heteroatoms. The molecule has 4 aliphatic rings. The lowest BCUT2D eigenvalue weighted by atomic mass is 10.0. The van der Waals surface area contributed by atoms with Crippen molar-refractivity contribution in [2.75, 3.05) is 65.7 Å². The maximum absolute atomic E-state index is 13.4. The third-order valence-corrected chi connectivity index (χ3v) is 15.9. The van der Waals surface area contributed by atoms with E-state index < -0.39 is 44.2 Å². The maximum Gasteiger partial charge on any atom is 0.534 e. The summed E-state index contributed by atoms with van der Waals surface area (Å²) in [6.45, 7) is 18.5. The van der Waals surface area contributed by atoms with Gasteiger partial charge in [-0.25, -0.2) is 9.59 Å². The topological polar surface area (TPSA) is 210 Å². The first-order valence-electron chi connectivity index (χ1n) is 28.4. The number of ether oxygens (including phenoxy) is 6. The number of hydrogen-bond donors (Lipinski definition) is 1. The van der Waals surface area contributed by atoms with Gasteiger partial charge in [-0.3, -0.25) is 9.59 Å². The summed E-state index contributed by atoms with van der Waals surface area (Å²) in [5.74, 6) is 2.04. The van der Waals surface area contributed by atoms with Gasteiger partial charge in [-0.15, -0.1) is 0 Å². The van der Waals surface area contributed by atoms with Gasteiger partial charge in [0, 0.05) is 100 Å². The number of carbonyl (C=O) groups excluding carboxylic acids is 2. The molecule has 0 radical (unpaired) electrons. The zero-order chi connectivity index (χ0) is 60.8. The molecule has 6 heterocycles. The van der Waals surface area contributed by atoms with Crippen LogP contribution in [-0.4, -0.2) is 149 Å². The van der Waals surface area contributed by atoms with E-state index in [0.29, 0.717) is 108 Å². The van der Waals surface area contributed by atoms with E-state index in [2.05, 4.69) is 14.0 Å². The van der Waals surface area contributed by atoms with E-state index in [1.807, 2.05) is 107 Å². The molecule has 0 aliphatic carbocycles. The lowest BCUT2D eigenvalue weighted by Crippen LogP contribution is -2.49. The molecule has 0 unspecified atom stereocenters. The van der Waals surface area contributed by atoms with Crippen LogP contribution >= 0.6 is 0 Å². The molecule has 20 nitrogen and oxygen atoms in total. The maximum atomic E-state index is 13.4. The number of rotatable bonds is 14. The lowest BCUT2D eigenvalue weighted by molar-refractivity contribution is -0.0499. The van der Waals surface area contributed by atoms with Crippen LogP contribution in [0.4, 0.5) is 22.8 Å². The fourth-order valence-electron chi connectivity index (χ4n) is 10.8. The fourth-order valence-corrected chi connectivity index (χ4v) is 11.3. The molecule has 458 valence electrons. The number of amides is 2. The largest absolute Gasteiger partial charge is 0.534 e. The van der Waals surface area contributed by atoms with Crippen molar-refractivity contribution in [1.82, 2.24) is 28.7 Å². The molecule has 0 saturated carbocycles. The Morgan fingerprint density at radius 1 is 0.565 bits per heavy atom. The third kappa shape index (κ3) is 15.6. The van der Waals surface area contributed by atoms with Crippen LogP contribution in [0.2, 0.25) is 0 Å². The van der Waals surface area contributed by atoms with Gasteiger partial charge in [0.05, 0.1) is 11.0 Å². The van der Waals surface area contributed by atoms with Gasteiger partial charge in [-0.2, -0.15) is 21.6 Å². The van der Waals surface area contributed by atoms with Crippen LogP contribution in [-0.2, 0) is 45.8 Å². The molecule has 2 saturated heterocycles. The van der Waals surface area contributed by atoms with Crippen LogP contribution in [0.5, 0.6) is 34.5 Å². The van der Waals surface area contributed by atoms with E-state index >= 15 is 0 Å². The first-order chi connectivity index (χ1) is 40.3. The number of piperidine rings is 2. The molecule has 10 rings (SSSR count). The summed E-state index contributed by atoms with van der Waals surface area (Å²) in [5, 5.41) is 10.9. The summed E-state index contributed by atoms with van der Waals surface area (Å²) < 4.78 is 104. The molecule has 6 aromatic rings. The smallest absolute Gasteiger partial charge is 0.507 e.